The van der Waals surface area contributed by atoms with Crippen LogP contribution in [0.2, 0.25) is 0 Å². The highest BCUT2D eigenvalue weighted by molar-refractivity contribution is 7.13. The highest BCUT2D eigenvalue weighted by Crippen LogP contribution is 2.45. The van der Waals surface area contributed by atoms with Gasteiger partial charge >= 0.3 is 12.1 Å². The van der Waals surface area contributed by atoms with Gasteiger partial charge in [0.1, 0.15) is 18.0 Å². The number of oxime groups is 1. The van der Waals surface area contributed by atoms with Crippen molar-refractivity contribution in [1.29, 1.82) is 0 Å². The van der Waals surface area contributed by atoms with Gasteiger partial charge < -0.3 is 43.3 Å². The zero-order valence-corrected chi connectivity index (χ0v) is 37.4. The Hall–Kier alpha value is -3.44. The van der Waals surface area contributed by atoms with Crippen molar-refractivity contribution in [3.8, 4) is 16.2 Å². The minimum Gasteiger partial charge on any atom is -0.458 e. The van der Waals surface area contributed by atoms with E-state index in [1.54, 1.807) is 30.1 Å². The van der Waals surface area contributed by atoms with Crippen LogP contribution >= 0.6 is 11.3 Å². The number of ketones is 1. The molecule has 5 fully saturated rings. The Morgan fingerprint density at radius 1 is 1.03 bits per heavy atom. The van der Waals surface area contributed by atoms with Crippen molar-refractivity contribution in [2.75, 3.05) is 33.9 Å². The van der Waals surface area contributed by atoms with Gasteiger partial charge in [0.2, 0.25) is 0 Å². The van der Waals surface area contributed by atoms with Crippen molar-refractivity contribution in [3.05, 3.63) is 41.8 Å². The van der Waals surface area contributed by atoms with E-state index in [1.165, 1.54) is 0 Å². The first kappa shape index (κ1) is 44.6. The number of Topliss-reactive ketones (excluding diaryl/α,β-unsaturated/α-hetero) is 1. The average Bonchev–Trinajstić information content (AvgIpc) is 3.85. The minimum atomic E-state index is -1.39. The van der Waals surface area contributed by atoms with Crippen LogP contribution in [0.25, 0.3) is 10.4 Å². The third-order valence-electron chi connectivity index (χ3n) is 13.7. The predicted molar refractivity (Wildman–Crippen MR) is 225 cm³/mol. The molecule has 6 heterocycles. The second-order valence-electron chi connectivity index (χ2n) is 18.3. The maximum atomic E-state index is 14.9. The van der Waals surface area contributed by atoms with Gasteiger partial charge in [-0.25, -0.2) is 4.79 Å². The number of amides is 1. The van der Waals surface area contributed by atoms with E-state index < -0.39 is 89.6 Å². The Labute approximate surface area is 357 Å². The number of carbonyl (C=O) groups excluding carboxylic acids is 3. The van der Waals surface area contributed by atoms with Gasteiger partial charge in [-0.15, -0.1) is 11.3 Å². The van der Waals surface area contributed by atoms with E-state index in [4.69, 9.17) is 38.4 Å². The van der Waals surface area contributed by atoms with E-state index in [-0.39, 0.29) is 44.1 Å². The largest absolute Gasteiger partial charge is 0.458 e. The Balaban J connectivity index is 1.39. The minimum absolute atomic E-state index is 0.0374. The molecule has 0 aliphatic carbocycles. The maximum Gasteiger partial charge on any atom is 0.411 e. The van der Waals surface area contributed by atoms with E-state index >= 15 is 0 Å². The zero-order chi connectivity index (χ0) is 43.3. The van der Waals surface area contributed by atoms with E-state index in [9.17, 15) is 19.5 Å². The van der Waals surface area contributed by atoms with E-state index in [0.29, 0.717) is 24.3 Å². The second-order valence-corrected chi connectivity index (χ2v) is 19.3. The second kappa shape index (κ2) is 17.7. The van der Waals surface area contributed by atoms with Crippen LogP contribution in [0.3, 0.4) is 0 Å². The summed E-state index contributed by atoms with van der Waals surface area (Å²) in [5.74, 6) is -3.50. The van der Waals surface area contributed by atoms with Crippen LogP contribution in [0, 0.1) is 29.6 Å². The van der Waals surface area contributed by atoms with E-state index in [2.05, 4.69) is 0 Å². The smallest absolute Gasteiger partial charge is 0.411 e. The summed E-state index contributed by atoms with van der Waals surface area (Å²) in [5, 5.41) is 18.5. The monoisotopic (exact) mass is 853 g/mol. The molecule has 15 atom stereocenters. The van der Waals surface area contributed by atoms with Crippen molar-refractivity contribution in [1.82, 2.24) is 9.80 Å². The Morgan fingerprint density at radius 3 is 2.50 bits per heavy atom. The van der Waals surface area contributed by atoms with Gasteiger partial charge in [0.05, 0.1) is 61.3 Å². The summed E-state index contributed by atoms with van der Waals surface area (Å²) in [5.41, 5.74) is -1.18. The van der Waals surface area contributed by atoms with Crippen LogP contribution < -0.4 is 4.84 Å². The number of aliphatic hydroxyl groups is 1. The average molecular weight is 854 g/mol. The molecule has 14 nitrogen and oxygen atoms in total. The van der Waals surface area contributed by atoms with Gasteiger partial charge in [0.15, 0.2) is 17.6 Å². The third kappa shape index (κ3) is 8.52. The van der Waals surface area contributed by atoms with Gasteiger partial charge in [-0.2, -0.15) is 0 Å². The van der Waals surface area contributed by atoms with Crippen LogP contribution in [-0.2, 0) is 38.0 Å². The van der Waals surface area contributed by atoms with Crippen molar-refractivity contribution in [2.45, 2.75) is 135 Å². The molecule has 5 saturated heterocycles. The molecule has 3 unspecified atom stereocenters. The highest BCUT2D eigenvalue weighted by Gasteiger charge is 2.61. The number of fused-ring (bicyclic) bond motifs is 5. The molecule has 7 rings (SSSR count). The number of thiophene rings is 1. The molecule has 1 aromatic carbocycles. The topological polar surface area (TPSA) is 155 Å². The van der Waals surface area contributed by atoms with Crippen LogP contribution in [0.4, 0.5) is 4.79 Å². The number of hydrogen-bond donors (Lipinski definition) is 1. The lowest BCUT2D eigenvalue weighted by Gasteiger charge is -2.48. The molecular weight excluding hydrogens is 791 g/mol. The van der Waals surface area contributed by atoms with Gasteiger partial charge in [-0.05, 0) is 90.2 Å². The predicted octanol–water partition coefficient (Wildman–Crippen LogP) is 6.18. The summed E-state index contributed by atoms with van der Waals surface area (Å²) in [7, 11) is 3.83. The summed E-state index contributed by atoms with van der Waals surface area (Å²) in [6.45, 7) is 14.9. The molecular formula is C45H63N3O11S. The number of likely N-dealkylation sites (N-methyl/N-ethyl adjacent to an activating group) is 1. The van der Waals surface area contributed by atoms with Crippen LogP contribution in [0.5, 0.6) is 5.75 Å². The molecule has 15 heteroatoms. The quantitative estimate of drug-likeness (QED) is 0.250. The number of rotatable bonds is 7. The lowest BCUT2D eigenvalue weighted by molar-refractivity contribution is -0.302. The fourth-order valence-electron chi connectivity index (χ4n) is 10.4. The lowest BCUT2D eigenvalue weighted by atomic mass is 9.73. The van der Waals surface area contributed by atoms with E-state index in [1.807, 2.05) is 102 Å². The number of benzene rings is 1. The molecule has 1 amide bonds. The zero-order valence-electron chi connectivity index (χ0n) is 36.6. The molecule has 2 aromatic rings. The number of esters is 1. The molecule has 5 aliphatic rings. The number of nitrogens with zero attached hydrogens (tertiary/aromatic N) is 3. The normalized spacial score (nSPS) is 41.0. The number of hydrogen-bond acceptors (Lipinski definition) is 14. The SMILES string of the molecule is CC[C@H]1OC(=O)[C@H](C)[C@H]2OCC3COC(C)(C[C@@H](C)C(=O)[C@H](C)[C@@H]4N(C/C3=N/Oc3cccc(-c5cccs5)c3)C(=O)OC41C)[C@H](O[C@@H]1O[C@H](C)C[C@H](N(C)C)[C@H]1O)[C@H]2C. The molecule has 5 aliphatic heterocycles. The van der Waals surface area contributed by atoms with Crippen molar-refractivity contribution >= 4 is 34.9 Å². The van der Waals surface area contributed by atoms with Crippen molar-refractivity contribution in [3.63, 3.8) is 0 Å². The summed E-state index contributed by atoms with van der Waals surface area (Å²) >= 11 is 1.62. The van der Waals surface area contributed by atoms with Crippen LogP contribution in [0.1, 0.15) is 74.7 Å². The van der Waals surface area contributed by atoms with Crippen molar-refractivity contribution in [2.24, 2.45) is 34.7 Å². The number of ether oxygens (including phenoxy) is 6. The number of carbonyl (C=O) groups is 3. The summed E-state index contributed by atoms with van der Waals surface area (Å²) < 4.78 is 39.9. The number of cyclic esters (lactones) is 1. The molecule has 0 saturated carbocycles. The first-order chi connectivity index (χ1) is 28.4. The number of aliphatic hydroxyl groups excluding tert-OH is 1. The Morgan fingerprint density at radius 2 is 1.80 bits per heavy atom. The van der Waals surface area contributed by atoms with Gasteiger partial charge in [-0.3, -0.25) is 14.5 Å². The van der Waals surface area contributed by atoms with Crippen molar-refractivity contribution < 1.29 is 52.7 Å². The molecule has 0 radical (unpaired) electrons. The summed E-state index contributed by atoms with van der Waals surface area (Å²) in [6.07, 6.45) is -4.33. The van der Waals surface area contributed by atoms with Gasteiger partial charge in [0.25, 0.3) is 0 Å². The Bertz CT molecular complexity index is 1890. The third-order valence-corrected chi connectivity index (χ3v) is 14.6. The molecule has 330 valence electrons. The molecule has 1 aromatic heterocycles. The molecule has 60 heavy (non-hydrogen) atoms. The maximum absolute atomic E-state index is 14.9. The fourth-order valence-corrected chi connectivity index (χ4v) is 11.2. The van der Waals surface area contributed by atoms with Gasteiger partial charge in [-0.1, -0.05) is 51.0 Å². The first-order valence-electron chi connectivity index (χ1n) is 21.5. The molecule has 0 spiro atoms. The summed E-state index contributed by atoms with van der Waals surface area (Å²) in [6, 6.07) is 10.6. The Kier molecular flexibility index (Phi) is 13.2. The van der Waals surface area contributed by atoms with Crippen LogP contribution in [0.15, 0.2) is 46.9 Å². The fraction of sp³-hybridized carbons (Fsp3) is 0.689. The highest BCUT2D eigenvalue weighted by atomic mass is 32.1. The molecule has 6 bridgehead atoms. The summed E-state index contributed by atoms with van der Waals surface area (Å²) in [4.78, 5) is 54.4. The van der Waals surface area contributed by atoms with Gasteiger partial charge in [0, 0.05) is 34.6 Å². The van der Waals surface area contributed by atoms with Crippen LogP contribution in [-0.4, -0.2) is 132 Å². The van der Waals surface area contributed by atoms with E-state index in [0.717, 1.165) is 10.4 Å². The molecule has 1 N–H and O–H groups in total. The lowest BCUT2D eigenvalue weighted by Crippen LogP contribution is -2.61. The standard InChI is InChI=1S/C45H63N3O11S/c1-11-35-45(8)39-26(4)36(49)24(2)20-44(7)40(57-42-37(50)33(47(9)10)18-25(3)55-42)27(5)38(28(6)41(51)56-35)53-22-30(23-54-44)32(21-48(39)43(52)58-45)46-59-31-15-12-14-29(19-31)34-16-13-17-60-34/h12-17,19,24-28,30,33,35,37-40,42,50H,11,18,20-23H2,1-10H3/b46-32-/t24-,25-,26+,27+,28-,30?,33+,35-,37-,38+,39+,40-,42+,44?,45?/m1/s1. The first-order valence-corrected chi connectivity index (χ1v) is 22.4.